The second-order valence-electron chi connectivity index (χ2n) is 3.82. The van der Waals surface area contributed by atoms with Crippen molar-refractivity contribution in [3.63, 3.8) is 0 Å². The van der Waals surface area contributed by atoms with Crippen LogP contribution in [0, 0.1) is 6.92 Å². The SMILES string of the molecule is Cc1csc(C(C)Nc2nccc(C(N)=S)n2)n1. The summed E-state index contributed by atoms with van der Waals surface area (Å²) in [5, 5.41) is 6.19. The number of aromatic nitrogens is 3. The van der Waals surface area contributed by atoms with Gasteiger partial charge in [-0.3, -0.25) is 0 Å². The molecular formula is C11H13N5S2. The van der Waals surface area contributed by atoms with Gasteiger partial charge in [0.05, 0.1) is 6.04 Å². The Hall–Kier alpha value is -1.60. The number of hydrogen-bond acceptors (Lipinski definition) is 6. The minimum atomic E-state index is 0.0466. The zero-order chi connectivity index (χ0) is 13.1. The number of hydrogen-bond donors (Lipinski definition) is 2. The van der Waals surface area contributed by atoms with Crippen molar-refractivity contribution in [1.29, 1.82) is 0 Å². The lowest BCUT2D eigenvalue weighted by Crippen LogP contribution is -2.15. The van der Waals surface area contributed by atoms with E-state index in [0.717, 1.165) is 10.7 Å². The number of nitrogens with one attached hydrogen (secondary N) is 1. The van der Waals surface area contributed by atoms with Crippen LogP contribution >= 0.6 is 23.6 Å². The van der Waals surface area contributed by atoms with Crippen molar-refractivity contribution in [1.82, 2.24) is 15.0 Å². The number of nitrogens with zero attached hydrogens (tertiary/aromatic N) is 3. The van der Waals surface area contributed by atoms with Crippen LogP contribution < -0.4 is 11.1 Å². The summed E-state index contributed by atoms with van der Waals surface area (Å²) in [6, 6.07) is 1.73. The first-order valence-electron chi connectivity index (χ1n) is 5.37. The highest BCUT2D eigenvalue weighted by molar-refractivity contribution is 7.80. The summed E-state index contributed by atoms with van der Waals surface area (Å²) in [4.78, 5) is 13.0. The van der Waals surface area contributed by atoms with Crippen molar-refractivity contribution in [3.8, 4) is 0 Å². The van der Waals surface area contributed by atoms with Crippen molar-refractivity contribution < 1.29 is 0 Å². The average molecular weight is 279 g/mol. The molecule has 0 spiro atoms. The Morgan fingerprint density at radius 2 is 2.28 bits per heavy atom. The molecule has 1 unspecified atom stereocenters. The van der Waals surface area contributed by atoms with E-state index < -0.39 is 0 Å². The molecule has 0 saturated heterocycles. The Morgan fingerprint density at radius 1 is 1.50 bits per heavy atom. The highest BCUT2D eigenvalue weighted by Gasteiger charge is 2.11. The molecule has 2 aromatic heterocycles. The second-order valence-corrected chi connectivity index (χ2v) is 5.15. The summed E-state index contributed by atoms with van der Waals surface area (Å²) in [5.41, 5.74) is 7.11. The molecular weight excluding hydrogens is 266 g/mol. The monoisotopic (exact) mass is 279 g/mol. The fraction of sp³-hybridized carbons (Fsp3) is 0.273. The zero-order valence-electron chi connectivity index (χ0n) is 10.0. The van der Waals surface area contributed by atoms with Gasteiger partial charge in [-0.2, -0.15) is 0 Å². The lowest BCUT2D eigenvalue weighted by atomic mass is 10.3. The van der Waals surface area contributed by atoms with Crippen LogP contribution in [-0.2, 0) is 0 Å². The van der Waals surface area contributed by atoms with Crippen LogP contribution in [-0.4, -0.2) is 19.9 Å². The first-order valence-corrected chi connectivity index (χ1v) is 6.66. The quantitative estimate of drug-likeness (QED) is 0.834. The first kappa shape index (κ1) is 12.8. The van der Waals surface area contributed by atoms with Gasteiger partial charge < -0.3 is 11.1 Å². The van der Waals surface area contributed by atoms with E-state index in [1.165, 1.54) is 0 Å². The third-order valence-electron chi connectivity index (χ3n) is 2.26. The summed E-state index contributed by atoms with van der Waals surface area (Å²) >= 11 is 6.49. The molecule has 5 nitrogen and oxygen atoms in total. The third kappa shape index (κ3) is 2.99. The molecule has 0 aliphatic carbocycles. The van der Waals surface area contributed by atoms with Gasteiger partial charge >= 0.3 is 0 Å². The molecule has 2 rings (SSSR count). The van der Waals surface area contributed by atoms with Crippen molar-refractivity contribution in [2.24, 2.45) is 5.73 Å². The fourth-order valence-electron chi connectivity index (χ4n) is 1.39. The molecule has 0 amide bonds. The Bertz CT molecular complexity index is 566. The van der Waals surface area contributed by atoms with Crippen LogP contribution in [0.2, 0.25) is 0 Å². The van der Waals surface area contributed by atoms with E-state index in [4.69, 9.17) is 18.0 Å². The van der Waals surface area contributed by atoms with E-state index in [2.05, 4.69) is 20.3 Å². The summed E-state index contributed by atoms with van der Waals surface area (Å²) in [6.07, 6.45) is 1.63. The normalized spacial score (nSPS) is 12.1. The van der Waals surface area contributed by atoms with Gasteiger partial charge in [-0.15, -0.1) is 11.3 Å². The molecule has 0 fully saturated rings. The van der Waals surface area contributed by atoms with Gasteiger partial charge in [0.25, 0.3) is 0 Å². The smallest absolute Gasteiger partial charge is 0.223 e. The summed E-state index contributed by atoms with van der Waals surface area (Å²) < 4.78 is 0. The molecule has 3 N–H and O–H groups in total. The highest BCUT2D eigenvalue weighted by atomic mass is 32.1. The van der Waals surface area contributed by atoms with Crippen LogP contribution in [0.25, 0.3) is 0 Å². The van der Waals surface area contributed by atoms with E-state index >= 15 is 0 Å². The van der Waals surface area contributed by atoms with Crippen LogP contribution in [0.4, 0.5) is 5.95 Å². The molecule has 1 atom stereocenters. The Kier molecular flexibility index (Phi) is 3.83. The van der Waals surface area contributed by atoms with Crippen LogP contribution in [0.5, 0.6) is 0 Å². The Morgan fingerprint density at radius 3 is 2.89 bits per heavy atom. The molecule has 18 heavy (non-hydrogen) atoms. The number of nitrogens with two attached hydrogens (primary N) is 1. The maximum Gasteiger partial charge on any atom is 0.223 e. The van der Waals surface area contributed by atoms with E-state index in [1.807, 2.05) is 19.2 Å². The highest BCUT2D eigenvalue weighted by Crippen LogP contribution is 2.20. The van der Waals surface area contributed by atoms with E-state index in [9.17, 15) is 0 Å². The molecule has 2 heterocycles. The maximum absolute atomic E-state index is 5.53. The molecule has 0 aromatic carbocycles. The van der Waals surface area contributed by atoms with Gasteiger partial charge in [0, 0.05) is 17.3 Å². The topological polar surface area (TPSA) is 76.7 Å². The van der Waals surface area contributed by atoms with Gasteiger partial charge in [0.1, 0.15) is 15.7 Å². The minimum Gasteiger partial charge on any atom is -0.388 e. The molecule has 0 radical (unpaired) electrons. The van der Waals surface area contributed by atoms with E-state index in [1.54, 1.807) is 23.6 Å². The van der Waals surface area contributed by atoms with Crippen LogP contribution in [0.1, 0.15) is 29.4 Å². The van der Waals surface area contributed by atoms with Gasteiger partial charge in [0.2, 0.25) is 5.95 Å². The van der Waals surface area contributed by atoms with E-state index in [0.29, 0.717) is 11.6 Å². The number of thiocarbonyl (C=S) groups is 1. The Balaban J connectivity index is 2.14. The summed E-state index contributed by atoms with van der Waals surface area (Å²) in [6.45, 7) is 3.98. The van der Waals surface area contributed by atoms with Crippen LogP contribution in [0.15, 0.2) is 17.6 Å². The molecule has 2 aromatic rings. The second kappa shape index (κ2) is 5.36. The molecule has 0 aliphatic heterocycles. The first-order chi connectivity index (χ1) is 8.56. The lowest BCUT2D eigenvalue weighted by Gasteiger charge is -2.11. The lowest BCUT2D eigenvalue weighted by molar-refractivity contribution is 0.843. The predicted octanol–water partition coefficient (Wildman–Crippen LogP) is 2.05. The molecule has 94 valence electrons. The molecule has 7 heteroatoms. The Labute approximate surface area is 114 Å². The van der Waals surface area contributed by atoms with Gasteiger partial charge in [-0.25, -0.2) is 15.0 Å². The van der Waals surface area contributed by atoms with Crippen molar-refractivity contribution in [2.45, 2.75) is 19.9 Å². The van der Waals surface area contributed by atoms with Gasteiger partial charge in [-0.05, 0) is 19.9 Å². The average Bonchev–Trinajstić information content (AvgIpc) is 2.76. The fourth-order valence-corrected chi connectivity index (χ4v) is 2.31. The van der Waals surface area contributed by atoms with E-state index in [-0.39, 0.29) is 11.0 Å². The van der Waals surface area contributed by atoms with Gasteiger partial charge in [0.15, 0.2) is 0 Å². The predicted molar refractivity (Wildman–Crippen MR) is 76.8 cm³/mol. The van der Waals surface area contributed by atoms with Crippen molar-refractivity contribution in [3.05, 3.63) is 34.0 Å². The zero-order valence-corrected chi connectivity index (χ0v) is 11.7. The molecule has 0 aliphatic rings. The van der Waals surface area contributed by atoms with Crippen molar-refractivity contribution >= 4 is 34.5 Å². The third-order valence-corrected chi connectivity index (χ3v) is 3.62. The number of rotatable bonds is 4. The molecule has 0 bridgehead atoms. The number of thiazole rings is 1. The number of anilines is 1. The summed E-state index contributed by atoms with van der Waals surface area (Å²) in [5.74, 6) is 0.501. The standard InChI is InChI=1S/C11H13N5S2/c1-6-5-18-10(14-6)7(2)15-11-13-4-3-8(16-11)9(12)17/h3-5,7H,1-2H3,(H2,12,17)(H,13,15,16). The summed E-state index contributed by atoms with van der Waals surface area (Å²) in [7, 11) is 0. The maximum atomic E-state index is 5.53. The van der Waals surface area contributed by atoms with Crippen molar-refractivity contribution in [2.75, 3.05) is 5.32 Å². The van der Waals surface area contributed by atoms with Gasteiger partial charge in [-0.1, -0.05) is 12.2 Å². The largest absolute Gasteiger partial charge is 0.388 e. The number of aryl methyl sites for hydroxylation is 1. The minimum absolute atomic E-state index is 0.0466. The van der Waals surface area contributed by atoms with Crippen LogP contribution in [0.3, 0.4) is 0 Å². The molecule has 0 saturated carbocycles.